The molecule has 112 valence electrons. The largest absolute Gasteiger partial charge is 0.370 e. The van der Waals surface area contributed by atoms with Crippen molar-refractivity contribution in [2.75, 3.05) is 17.2 Å². The fraction of sp³-hybridized carbons (Fsp3) is 0.429. The SMILES string of the molecule is CCCCNc1cc(C(=O)Nc2cc(C)on2)nc(C)n1. The van der Waals surface area contributed by atoms with Gasteiger partial charge in [0.1, 0.15) is 23.1 Å². The summed E-state index contributed by atoms with van der Waals surface area (Å²) >= 11 is 0. The second-order valence-electron chi connectivity index (χ2n) is 4.74. The Morgan fingerprint density at radius 2 is 2.05 bits per heavy atom. The molecule has 0 unspecified atom stereocenters. The summed E-state index contributed by atoms with van der Waals surface area (Å²) < 4.78 is 4.90. The quantitative estimate of drug-likeness (QED) is 0.794. The van der Waals surface area contributed by atoms with Crippen molar-refractivity contribution in [2.45, 2.75) is 33.6 Å². The number of nitrogens with zero attached hydrogens (tertiary/aromatic N) is 3. The zero-order chi connectivity index (χ0) is 15.2. The first-order chi connectivity index (χ1) is 10.1. The Bertz CT molecular complexity index is 624. The highest BCUT2D eigenvalue weighted by atomic mass is 16.5. The van der Waals surface area contributed by atoms with E-state index < -0.39 is 0 Å². The number of carbonyl (C=O) groups is 1. The molecule has 7 heteroatoms. The van der Waals surface area contributed by atoms with Gasteiger partial charge < -0.3 is 15.2 Å². The standard InChI is InChI=1S/C14H19N5O2/c1-4-5-6-15-12-8-11(16-10(3)17-12)14(20)18-13-7-9(2)21-19-13/h7-8H,4-6H2,1-3H3,(H,15,16,17)(H,18,19,20). The first-order valence-corrected chi connectivity index (χ1v) is 6.92. The van der Waals surface area contributed by atoms with Crippen molar-refractivity contribution < 1.29 is 9.32 Å². The van der Waals surface area contributed by atoms with Gasteiger partial charge in [0, 0.05) is 18.7 Å². The first kappa shape index (κ1) is 15.0. The van der Waals surface area contributed by atoms with Crippen LogP contribution in [0, 0.1) is 13.8 Å². The van der Waals surface area contributed by atoms with Gasteiger partial charge in [-0.2, -0.15) is 0 Å². The van der Waals surface area contributed by atoms with E-state index in [0.29, 0.717) is 28.9 Å². The third kappa shape index (κ3) is 4.27. The summed E-state index contributed by atoms with van der Waals surface area (Å²) in [5.74, 6) is 1.85. The van der Waals surface area contributed by atoms with Crippen molar-refractivity contribution in [3.8, 4) is 0 Å². The second-order valence-corrected chi connectivity index (χ2v) is 4.74. The van der Waals surface area contributed by atoms with Crippen LogP contribution in [-0.2, 0) is 0 Å². The highest BCUT2D eigenvalue weighted by molar-refractivity contribution is 6.02. The molecule has 2 aromatic rings. The van der Waals surface area contributed by atoms with Gasteiger partial charge in [0.15, 0.2) is 5.82 Å². The van der Waals surface area contributed by atoms with Crippen LogP contribution in [0.2, 0.25) is 0 Å². The van der Waals surface area contributed by atoms with E-state index in [1.54, 1.807) is 26.0 Å². The van der Waals surface area contributed by atoms with Crippen LogP contribution in [0.25, 0.3) is 0 Å². The highest BCUT2D eigenvalue weighted by Gasteiger charge is 2.12. The van der Waals surface area contributed by atoms with E-state index >= 15 is 0 Å². The van der Waals surface area contributed by atoms with Crippen LogP contribution in [0.1, 0.15) is 41.8 Å². The molecule has 1 amide bonds. The van der Waals surface area contributed by atoms with Gasteiger partial charge in [-0.1, -0.05) is 18.5 Å². The molecule has 0 bridgehead atoms. The lowest BCUT2D eigenvalue weighted by Crippen LogP contribution is -2.16. The fourth-order valence-corrected chi connectivity index (χ4v) is 1.77. The van der Waals surface area contributed by atoms with Crippen LogP contribution >= 0.6 is 0 Å². The average Bonchev–Trinajstić information content (AvgIpc) is 2.84. The number of amides is 1. The lowest BCUT2D eigenvalue weighted by molar-refractivity contribution is 0.102. The van der Waals surface area contributed by atoms with Gasteiger partial charge in [0.25, 0.3) is 5.91 Å². The van der Waals surface area contributed by atoms with Gasteiger partial charge >= 0.3 is 0 Å². The number of carbonyl (C=O) groups excluding carboxylic acids is 1. The van der Waals surface area contributed by atoms with E-state index in [2.05, 4.69) is 32.7 Å². The molecule has 2 aromatic heterocycles. The normalized spacial score (nSPS) is 10.4. The lowest BCUT2D eigenvalue weighted by atomic mass is 10.3. The van der Waals surface area contributed by atoms with Gasteiger partial charge in [-0.15, -0.1) is 0 Å². The first-order valence-electron chi connectivity index (χ1n) is 6.92. The van der Waals surface area contributed by atoms with Crippen molar-refractivity contribution in [3.05, 3.63) is 29.4 Å². The van der Waals surface area contributed by atoms with Gasteiger partial charge in [-0.3, -0.25) is 4.79 Å². The van der Waals surface area contributed by atoms with Gasteiger partial charge in [-0.05, 0) is 20.3 Å². The third-order valence-electron chi connectivity index (χ3n) is 2.78. The maximum atomic E-state index is 12.1. The Labute approximate surface area is 123 Å². The van der Waals surface area contributed by atoms with E-state index in [0.717, 1.165) is 19.4 Å². The average molecular weight is 289 g/mol. The van der Waals surface area contributed by atoms with Crippen LogP contribution in [0.3, 0.4) is 0 Å². The molecule has 2 N–H and O–H groups in total. The van der Waals surface area contributed by atoms with Crippen molar-refractivity contribution in [1.29, 1.82) is 0 Å². The molecule has 0 fully saturated rings. The molecule has 0 aliphatic carbocycles. The van der Waals surface area contributed by atoms with Crippen LogP contribution in [0.15, 0.2) is 16.7 Å². The summed E-state index contributed by atoms with van der Waals surface area (Å²) in [6.07, 6.45) is 2.14. The molecule has 0 radical (unpaired) electrons. The minimum absolute atomic E-state index is 0.294. The number of rotatable bonds is 6. The molecule has 0 atom stereocenters. The molecule has 21 heavy (non-hydrogen) atoms. The Hall–Kier alpha value is -2.44. The number of aromatic nitrogens is 3. The molecule has 7 nitrogen and oxygen atoms in total. The number of anilines is 2. The molecular formula is C14H19N5O2. The van der Waals surface area contributed by atoms with Crippen LogP contribution in [0.5, 0.6) is 0 Å². The molecular weight excluding hydrogens is 270 g/mol. The second kappa shape index (κ2) is 6.83. The molecule has 0 spiro atoms. The molecule has 0 aliphatic heterocycles. The Morgan fingerprint density at radius 3 is 2.71 bits per heavy atom. The topological polar surface area (TPSA) is 92.9 Å². The highest BCUT2D eigenvalue weighted by Crippen LogP contribution is 2.11. The molecule has 0 aromatic carbocycles. The monoisotopic (exact) mass is 289 g/mol. The summed E-state index contributed by atoms with van der Waals surface area (Å²) in [5, 5.41) is 9.54. The fourth-order valence-electron chi connectivity index (χ4n) is 1.77. The number of hydrogen-bond acceptors (Lipinski definition) is 6. The van der Waals surface area contributed by atoms with E-state index in [4.69, 9.17) is 4.52 Å². The smallest absolute Gasteiger partial charge is 0.275 e. The van der Waals surface area contributed by atoms with Crippen LogP contribution in [-0.4, -0.2) is 27.6 Å². The number of unbranched alkanes of at least 4 members (excludes halogenated alkanes) is 1. The lowest BCUT2D eigenvalue weighted by Gasteiger charge is -2.07. The Balaban J connectivity index is 2.09. The summed E-state index contributed by atoms with van der Waals surface area (Å²) in [4.78, 5) is 20.6. The van der Waals surface area contributed by atoms with Gasteiger partial charge in [0.05, 0.1) is 0 Å². The molecule has 2 rings (SSSR count). The van der Waals surface area contributed by atoms with E-state index in [1.807, 2.05) is 0 Å². The molecule has 0 aliphatic rings. The van der Waals surface area contributed by atoms with Crippen molar-refractivity contribution in [1.82, 2.24) is 15.1 Å². The molecule has 0 saturated carbocycles. The Kier molecular flexibility index (Phi) is 4.86. The predicted octanol–water partition coefficient (Wildman–Crippen LogP) is 2.55. The number of nitrogens with one attached hydrogen (secondary N) is 2. The Morgan fingerprint density at radius 1 is 1.24 bits per heavy atom. The van der Waals surface area contributed by atoms with Gasteiger partial charge in [0.2, 0.25) is 0 Å². The van der Waals surface area contributed by atoms with Crippen molar-refractivity contribution in [2.24, 2.45) is 0 Å². The van der Waals surface area contributed by atoms with Crippen molar-refractivity contribution >= 4 is 17.5 Å². The summed E-state index contributed by atoms with van der Waals surface area (Å²) in [5.41, 5.74) is 0.294. The van der Waals surface area contributed by atoms with Gasteiger partial charge in [-0.25, -0.2) is 9.97 Å². The van der Waals surface area contributed by atoms with E-state index in [1.165, 1.54) is 0 Å². The zero-order valence-electron chi connectivity index (χ0n) is 12.4. The van der Waals surface area contributed by atoms with E-state index in [9.17, 15) is 4.79 Å². The molecule has 0 saturated heterocycles. The number of aryl methyl sites for hydroxylation is 2. The van der Waals surface area contributed by atoms with Crippen LogP contribution < -0.4 is 10.6 Å². The maximum absolute atomic E-state index is 12.1. The number of hydrogen-bond donors (Lipinski definition) is 2. The predicted molar refractivity (Wildman–Crippen MR) is 79.4 cm³/mol. The minimum Gasteiger partial charge on any atom is -0.370 e. The maximum Gasteiger partial charge on any atom is 0.275 e. The van der Waals surface area contributed by atoms with E-state index in [-0.39, 0.29) is 5.91 Å². The summed E-state index contributed by atoms with van der Waals surface area (Å²) in [6, 6.07) is 3.28. The summed E-state index contributed by atoms with van der Waals surface area (Å²) in [6.45, 7) is 6.44. The third-order valence-corrected chi connectivity index (χ3v) is 2.78. The summed E-state index contributed by atoms with van der Waals surface area (Å²) in [7, 11) is 0. The molecule has 2 heterocycles. The van der Waals surface area contributed by atoms with Crippen molar-refractivity contribution in [3.63, 3.8) is 0 Å². The van der Waals surface area contributed by atoms with Crippen LogP contribution in [0.4, 0.5) is 11.6 Å². The zero-order valence-corrected chi connectivity index (χ0v) is 12.4. The minimum atomic E-state index is -0.340.